The molecule has 0 saturated heterocycles. The smallest absolute Gasteiger partial charge is 0.405 e. The summed E-state index contributed by atoms with van der Waals surface area (Å²) in [6.45, 7) is 0. The minimum absolute atomic E-state index is 0.135. The van der Waals surface area contributed by atoms with Gasteiger partial charge in [0.1, 0.15) is 12.0 Å². The Morgan fingerprint density at radius 2 is 2.10 bits per heavy atom. The highest BCUT2D eigenvalue weighted by atomic mass is 19.4. The number of hydrogen-bond donors (Lipinski definition) is 0. The van der Waals surface area contributed by atoms with E-state index in [1.165, 1.54) is 6.07 Å². The third-order valence-electron chi connectivity index (χ3n) is 1.96. The molecule has 11 heteroatoms. The lowest BCUT2D eigenvalue weighted by atomic mass is 10.1. The molecule has 0 N–H and O–H groups in total. The SMILES string of the molecule is N#CCc1nc([N+](=O)[O-])cc(OC(F)(F)F)c1C(F)F. The van der Waals surface area contributed by atoms with Crippen molar-refractivity contribution in [3.63, 3.8) is 0 Å². The van der Waals surface area contributed by atoms with E-state index < -0.39 is 47.0 Å². The molecule has 0 saturated carbocycles. The summed E-state index contributed by atoms with van der Waals surface area (Å²) in [5.74, 6) is -2.57. The normalized spacial score (nSPS) is 11.2. The molecule has 0 amide bonds. The van der Waals surface area contributed by atoms with E-state index >= 15 is 0 Å². The lowest BCUT2D eigenvalue weighted by molar-refractivity contribution is -0.389. The average molecular weight is 297 g/mol. The quantitative estimate of drug-likeness (QED) is 0.484. The Bertz CT molecular complexity index is 567. The zero-order valence-corrected chi connectivity index (χ0v) is 9.32. The molecule has 0 fully saturated rings. The van der Waals surface area contributed by atoms with E-state index in [0.29, 0.717) is 0 Å². The van der Waals surface area contributed by atoms with E-state index in [0.717, 1.165) is 0 Å². The van der Waals surface area contributed by atoms with Crippen molar-refractivity contribution in [2.75, 3.05) is 0 Å². The number of rotatable bonds is 4. The number of alkyl halides is 5. The van der Waals surface area contributed by atoms with Crippen molar-refractivity contribution >= 4 is 5.82 Å². The van der Waals surface area contributed by atoms with E-state index in [4.69, 9.17) is 5.26 Å². The van der Waals surface area contributed by atoms with Crippen LogP contribution in [0.2, 0.25) is 0 Å². The van der Waals surface area contributed by atoms with E-state index in [1.807, 2.05) is 0 Å². The number of halogens is 5. The average Bonchev–Trinajstić information content (AvgIpc) is 2.25. The van der Waals surface area contributed by atoms with Crippen LogP contribution in [0, 0.1) is 21.4 Å². The first kappa shape index (κ1) is 15.5. The fourth-order valence-corrected chi connectivity index (χ4v) is 1.31. The van der Waals surface area contributed by atoms with Gasteiger partial charge in [0.15, 0.2) is 11.4 Å². The van der Waals surface area contributed by atoms with Crippen LogP contribution < -0.4 is 4.74 Å². The predicted molar refractivity (Wildman–Crippen MR) is 51.8 cm³/mol. The van der Waals surface area contributed by atoms with Crippen molar-refractivity contribution in [2.45, 2.75) is 19.2 Å². The second-order valence-electron chi connectivity index (χ2n) is 3.28. The standard InChI is InChI=1S/C9H4F5N3O3/c10-8(11)7-4(1-2-15)16-6(17(18)19)3-5(7)20-9(12,13)14/h3,8H,1H2. The molecule has 1 aromatic heterocycles. The molecule has 0 bridgehead atoms. The van der Waals surface area contributed by atoms with Gasteiger partial charge in [0, 0.05) is 0 Å². The third kappa shape index (κ3) is 3.74. The van der Waals surface area contributed by atoms with E-state index in [9.17, 15) is 32.1 Å². The molecule has 0 aliphatic rings. The number of pyridine rings is 1. The summed E-state index contributed by atoms with van der Waals surface area (Å²) < 4.78 is 65.2. The van der Waals surface area contributed by atoms with Crippen LogP contribution in [0.4, 0.5) is 27.8 Å². The molecule has 0 aliphatic carbocycles. The molecule has 20 heavy (non-hydrogen) atoms. The summed E-state index contributed by atoms with van der Waals surface area (Å²) in [6.07, 6.45) is -9.58. The van der Waals surface area contributed by atoms with Gasteiger partial charge in [-0.25, -0.2) is 8.78 Å². The fraction of sp³-hybridized carbons (Fsp3) is 0.333. The van der Waals surface area contributed by atoms with Gasteiger partial charge in [-0.1, -0.05) is 0 Å². The minimum atomic E-state index is -5.32. The van der Waals surface area contributed by atoms with Gasteiger partial charge in [-0.2, -0.15) is 5.26 Å². The summed E-state index contributed by atoms with van der Waals surface area (Å²) in [4.78, 5) is 12.4. The van der Waals surface area contributed by atoms with Crippen LogP contribution in [-0.4, -0.2) is 16.3 Å². The molecule has 0 radical (unpaired) electrons. The second kappa shape index (κ2) is 5.64. The maximum Gasteiger partial charge on any atom is 0.573 e. The molecule has 0 spiro atoms. The van der Waals surface area contributed by atoms with Gasteiger partial charge in [0.25, 0.3) is 6.43 Å². The van der Waals surface area contributed by atoms with Crippen LogP contribution in [0.25, 0.3) is 0 Å². The molecule has 1 rings (SSSR count). The molecule has 1 heterocycles. The lowest BCUT2D eigenvalue weighted by Crippen LogP contribution is -2.19. The van der Waals surface area contributed by atoms with Crippen molar-refractivity contribution in [2.24, 2.45) is 0 Å². The first-order valence-electron chi connectivity index (χ1n) is 4.74. The van der Waals surface area contributed by atoms with E-state index in [2.05, 4.69) is 9.72 Å². The Labute approximate surface area is 107 Å². The summed E-state index contributed by atoms with van der Waals surface area (Å²) in [7, 11) is 0. The van der Waals surface area contributed by atoms with Crippen LogP contribution in [0.5, 0.6) is 5.75 Å². The van der Waals surface area contributed by atoms with Gasteiger partial charge >= 0.3 is 12.2 Å². The van der Waals surface area contributed by atoms with E-state index in [1.54, 1.807) is 0 Å². The molecule has 6 nitrogen and oxygen atoms in total. The maximum atomic E-state index is 12.8. The first-order valence-corrected chi connectivity index (χ1v) is 4.74. The molecule has 0 aliphatic heterocycles. The summed E-state index contributed by atoms with van der Waals surface area (Å²) >= 11 is 0. The zero-order valence-electron chi connectivity index (χ0n) is 9.32. The van der Waals surface area contributed by atoms with E-state index in [-0.39, 0.29) is 6.07 Å². The highest BCUT2D eigenvalue weighted by molar-refractivity contribution is 5.44. The predicted octanol–water partition coefficient (Wildman–Crippen LogP) is 2.89. The van der Waals surface area contributed by atoms with Gasteiger partial charge in [-0.3, -0.25) is 0 Å². The second-order valence-corrected chi connectivity index (χ2v) is 3.28. The Morgan fingerprint density at radius 3 is 2.50 bits per heavy atom. The van der Waals surface area contributed by atoms with Crippen molar-refractivity contribution < 1.29 is 31.6 Å². The zero-order chi connectivity index (χ0) is 15.5. The molecular weight excluding hydrogens is 293 g/mol. The summed E-state index contributed by atoms with van der Waals surface area (Å²) in [5, 5.41) is 18.9. The highest BCUT2D eigenvalue weighted by Crippen LogP contribution is 2.37. The maximum absolute atomic E-state index is 12.8. The van der Waals surface area contributed by atoms with Gasteiger partial charge in [0.05, 0.1) is 12.1 Å². The monoisotopic (exact) mass is 297 g/mol. The van der Waals surface area contributed by atoms with Crippen molar-refractivity contribution in [1.82, 2.24) is 4.98 Å². The Morgan fingerprint density at radius 1 is 1.50 bits per heavy atom. The topological polar surface area (TPSA) is 89.0 Å². The number of ether oxygens (including phenoxy) is 1. The van der Waals surface area contributed by atoms with Crippen LogP contribution in [0.1, 0.15) is 17.7 Å². The largest absolute Gasteiger partial charge is 0.573 e. The number of aromatic nitrogens is 1. The van der Waals surface area contributed by atoms with Crippen molar-refractivity contribution in [3.8, 4) is 11.8 Å². The molecule has 0 unspecified atom stereocenters. The van der Waals surface area contributed by atoms with Gasteiger partial charge in [0.2, 0.25) is 0 Å². The van der Waals surface area contributed by atoms with Crippen LogP contribution in [0.3, 0.4) is 0 Å². The Hall–Kier alpha value is -2.51. The number of nitro groups is 1. The third-order valence-corrected chi connectivity index (χ3v) is 1.96. The molecule has 0 aromatic carbocycles. The lowest BCUT2D eigenvalue weighted by Gasteiger charge is -2.13. The van der Waals surface area contributed by atoms with Gasteiger partial charge in [-0.05, 0) is 9.91 Å². The highest BCUT2D eigenvalue weighted by Gasteiger charge is 2.36. The fourth-order valence-electron chi connectivity index (χ4n) is 1.31. The minimum Gasteiger partial charge on any atom is -0.405 e. The van der Waals surface area contributed by atoms with Gasteiger partial charge in [-0.15, -0.1) is 13.2 Å². The molecule has 1 aromatic rings. The first-order chi connectivity index (χ1) is 9.15. The van der Waals surface area contributed by atoms with Gasteiger partial charge < -0.3 is 14.9 Å². The van der Waals surface area contributed by atoms with Crippen LogP contribution in [-0.2, 0) is 6.42 Å². The number of hydrogen-bond acceptors (Lipinski definition) is 5. The summed E-state index contributed by atoms with van der Waals surface area (Å²) in [6, 6.07) is 1.52. The molecular formula is C9H4F5N3O3. The van der Waals surface area contributed by atoms with Crippen LogP contribution in [0.15, 0.2) is 6.07 Å². The number of nitriles is 1. The number of nitrogens with zero attached hydrogens (tertiary/aromatic N) is 3. The Balaban J connectivity index is 3.51. The molecule has 108 valence electrons. The van der Waals surface area contributed by atoms with Crippen molar-refractivity contribution in [1.29, 1.82) is 5.26 Å². The summed E-state index contributed by atoms with van der Waals surface area (Å²) in [5.41, 5.74) is -2.13. The Kier molecular flexibility index (Phi) is 4.38. The van der Waals surface area contributed by atoms with Crippen molar-refractivity contribution in [3.05, 3.63) is 27.4 Å². The molecule has 0 atom stereocenters. The van der Waals surface area contributed by atoms with Crippen LogP contribution >= 0.6 is 0 Å².